The van der Waals surface area contributed by atoms with Gasteiger partial charge in [-0.05, 0) is 24.3 Å². The van der Waals surface area contributed by atoms with E-state index in [1.54, 1.807) is 6.07 Å². The molecule has 0 saturated carbocycles. The summed E-state index contributed by atoms with van der Waals surface area (Å²) in [7, 11) is 0. The van der Waals surface area contributed by atoms with Crippen LogP contribution in [-0.4, -0.2) is 16.7 Å². The van der Waals surface area contributed by atoms with Crippen molar-refractivity contribution in [1.29, 1.82) is 0 Å². The molecule has 1 aromatic heterocycles. The molecular weight excluding hydrogens is 390 g/mol. The Bertz CT molecular complexity index is 782. The molecule has 0 aliphatic heterocycles. The Hall–Kier alpha value is -1.70. The topological polar surface area (TPSA) is 60.5 Å². The van der Waals surface area contributed by atoms with Crippen molar-refractivity contribution >= 4 is 46.3 Å². The van der Waals surface area contributed by atoms with Gasteiger partial charge in [-0.15, -0.1) is 11.6 Å². The van der Waals surface area contributed by atoms with E-state index < -0.39 is 11.7 Å². The van der Waals surface area contributed by atoms with E-state index in [4.69, 9.17) is 45.3 Å². The predicted molar refractivity (Wildman–Crippen MR) is 87.8 cm³/mol. The predicted octanol–water partition coefficient (Wildman–Crippen LogP) is 5.43. The summed E-state index contributed by atoms with van der Waals surface area (Å²) in [6.07, 6.45) is -3.93. The number of hydrogen-bond acceptors (Lipinski definition) is 3. The molecule has 2 N–H and O–H groups in total. The maximum atomic E-state index is 12.6. The van der Waals surface area contributed by atoms with Crippen LogP contribution in [0.3, 0.4) is 0 Å². The van der Waals surface area contributed by atoms with Gasteiger partial charge in [-0.2, -0.15) is 13.2 Å². The van der Waals surface area contributed by atoms with Gasteiger partial charge < -0.3 is 10.5 Å². The Kier molecular flexibility index (Phi) is 5.79. The highest BCUT2D eigenvalue weighted by atomic mass is 35.5. The normalized spacial score (nSPS) is 12.3. The zero-order valence-corrected chi connectivity index (χ0v) is 14.0. The second-order valence-electron chi connectivity index (χ2n) is 4.46. The molecule has 128 valence electrons. The van der Waals surface area contributed by atoms with Gasteiger partial charge in [0, 0.05) is 6.20 Å². The summed E-state index contributed by atoms with van der Waals surface area (Å²) in [5, 5.41) is -0.147. The molecule has 1 heterocycles. The summed E-state index contributed by atoms with van der Waals surface area (Å²) >= 11 is 17.3. The highest BCUT2D eigenvalue weighted by Crippen LogP contribution is 2.37. The third-order valence-electron chi connectivity index (χ3n) is 2.67. The number of aromatic nitrogens is 1. The minimum absolute atomic E-state index is 0.0565. The second-order valence-corrected chi connectivity index (χ2v) is 5.54. The Morgan fingerprint density at radius 2 is 1.92 bits per heavy atom. The van der Waals surface area contributed by atoms with Crippen molar-refractivity contribution in [3.63, 3.8) is 0 Å². The highest BCUT2D eigenvalue weighted by Gasteiger charge is 2.31. The summed E-state index contributed by atoms with van der Waals surface area (Å²) in [5.74, 6) is 0.201. The summed E-state index contributed by atoms with van der Waals surface area (Å²) in [6, 6.07) is 5.17. The van der Waals surface area contributed by atoms with Crippen molar-refractivity contribution in [2.24, 2.45) is 10.7 Å². The molecule has 0 aliphatic carbocycles. The molecule has 0 atom stereocenters. The monoisotopic (exact) mass is 397 g/mol. The summed E-state index contributed by atoms with van der Waals surface area (Å²) in [5.41, 5.74) is 4.97. The molecule has 10 heteroatoms. The first kappa shape index (κ1) is 18.6. The molecule has 0 fully saturated rings. The highest BCUT2D eigenvalue weighted by molar-refractivity contribution is 6.33. The van der Waals surface area contributed by atoms with Gasteiger partial charge in [-0.1, -0.05) is 23.2 Å². The fraction of sp³-hybridized carbons (Fsp3) is 0.143. The van der Waals surface area contributed by atoms with E-state index in [0.29, 0.717) is 11.9 Å². The van der Waals surface area contributed by atoms with E-state index in [9.17, 15) is 13.2 Å². The largest absolute Gasteiger partial charge is 0.436 e. The van der Waals surface area contributed by atoms with Gasteiger partial charge in [0.15, 0.2) is 0 Å². The summed E-state index contributed by atoms with van der Waals surface area (Å²) in [4.78, 5) is 7.57. The van der Waals surface area contributed by atoms with E-state index in [2.05, 4.69) is 9.98 Å². The fourth-order valence-corrected chi connectivity index (χ4v) is 2.08. The number of amidine groups is 1. The quantitative estimate of drug-likeness (QED) is 0.424. The molecule has 0 amide bonds. The number of nitrogens with zero attached hydrogens (tertiary/aromatic N) is 2. The van der Waals surface area contributed by atoms with Crippen LogP contribution < -0.4 is 10.5 Å². The second kappa shape index (κ2) is 7.46. The van der Waals surface area contributed by atoms with Crippen molar-refractivity contribution in [3.05, 3.63) is 46.1 Å². The van der Waals surface area contributed by atoms with E-state index in [0.717, 1.165) is 6.07 Å². The van der Waals surface area contributed by atoms with Crippen LogP contribution in [0.25, 0.3) is 0 Å². The molecule has 2 rings (SSSR count). The SMILES string of the molecule is NC(CCl)=Nc1ccc(Oc2ncc(C(F)(F)F)cc2Cl)c(Cl)c1. The number of ether oxygens (including phenoxy) is 1. The Balaban J connectivity index is 2.26. The maximum Gasteiger partial charge on any atom is 0.417 e. The van der Waals surface area contributed by atoms with Gasteiger partial charge >= 0.3 is 6.18 Å². The van der Waals surface area contributed by atoms with E-state index in [1.165, 1.54) is 12.1 Å². The molecule has 0 bridgehead atoms. The molecule has 0 aliphatic rings. The third-order valence-corrected chi connectivity index (χ3v) is 3.51. The molecule has 0 saturated heterocycles. The molecule has 0 spiro atoms. The van der Waals surface area contributed by atoms with Gasteiger partial charge in [0.2, 0.25) is 5.88 Å². The first-order chi connectivity index (χ1) is 11.2. The smallest absolute Gasteiger partial charge is 0.417 e. The number of alkyl halides is 4. The lowest BCUT2D eigenvalue weighted by molar-refractivity contribution is -0.137. The van der Waals surface area contributed by atoms with Gasteiger partial charge in [0.25, 0.3) is 0 Å². The van der Waals surface area contributed by atoms with E-state index >= 15 is 0 Å². The number of aliphatic imine (C=N–C) groups is 1. The minimum Gasteiger partial charge on any atom is -0.436 e. The van der Waals surface area contributed by atoms with Gasteiger partial charge in [0.1, 0.15) is 16.6 Å². The third kappa shape index (κ3) is 4.66. The maximum absolute atomic E-state index is 12.6. The molecule has 24 heavy (non-hydrogen) atoms. The number of hydrogen-bond donors (Lipinski definition) is 1. The lowest BCUT2D eigenvalue weighted by Gasteiger charge is -2.11. The van der Waals surface area contributed by atoms with Gasteiger partial charge in [0.05, 0.1) is 22.2 Å². The number of halogens is 6. The number of nitrogens with two attached hydrogens (primary N) is 1. The van der Waals surface area contributed by atoms with Crippen LogP contribution in [0.5, 0.6) is 11.6 Å². The van der Waals surface area contributed by atoms with Crippen molar-refractivity contribution in [1.82, 2.24) is 4.98 Å². The average Bonchev–Trinajstić information content (AvgIpc) is 2.50. The van der Waals surface area contributed by atoms with Gasteiger partial charge in [-0.25, -0.2) is 9.98 Å². The van der Waals surface area contributed by atoms with Crippen LogP contribution in [0.1, 0.15) is 5.56 Å². The first-order valence-electron chi connectivity index (χ1n) is 6.30. The Labute approximate surface area is 150 Å². The summed E-state index contributed by atoms with van der Waals surface area (Å²) < 4.78 is 43.1. The van der Waals surface area contributed by atoms with Crippen LogP contribution in [0.15, 0.2) is 35.5 Å². The molecule has 4 nitrogen and oxygen atoms in total. The first-order valence-corrected chi connectivity index (χ1v) is 7.59. The molecule has 0 radical (unpaired) electrons. The minimum atomic E-state index is -4.55. The number of pyridine rings is 1. The van der Waals surface area contributed by atoms with Crippen LogP contribution >= 0.6 is 34.8 Å². The lowest BCUT2D eigenvalue weighted by atomic mass is 10.3. The lowest BCUT2D eigenvalue weighted by Crippen LogP contribution is -2.12. The van der Waals surface area contributed by atoms with Crippen molar-refractivity contribution < 1.29 is 17.9 Å². The Morgan fingerprint density at radius 3 is 2.46 bits per heavy atom. The zero-order chi connectivity index (χ0) is 17.9. The van der Waals surface area contributed by atoms with E-state index in [1.807, 2.05) is 0 Å². The number of rotatable bonds is 4. The summed E-state index contributed by atoms with van der Waals surface area (Å²) in [6.45, 7) is 0. The van der Waals surface area contributed by atoms with Crippen molar-refractivity contribution in [2.45, 2.75) is 6.18 Å². The molecule has 0 unspecified atom stereocenters. The van der Waals surface area contributed by atoms with Crippen molar-refractivity contribution in [3.8, 4) is 11.6 Å². The average molecular weight is 399 g/mol. The van der Waals surface area contributed by atoms with E-state index in [-0.39, 0.29) is 33.4 Å². The zero-order valence-electron chi connectivity index (χ0n) is 11.7. The Morgan fingerprint density at radius 1 is 1.21 bits per heavy atom. The van der Waals surface area contributed by atoms with Crippen LogP contribution in [0.4, 0.5) is 18.9 Å². The van der Waals surface area contributed by atoms with Gasteiger partial charge in [-0.3, -0.25) is 0 Å². The van der Waals surface area contributed by atoms with Crippen molar-refractivity contribution in [2.75, 3.05) is 5.88 Å². The number of benzene rings is 1. The van der Waals surface area contributed by atoms with Crippen LogP contribution in [0.2, 0.25) is 10.0 Å². The molecule has 1 aromatic carbocycles. The molecule has 2 aromatic rings. The standard InChI is InChI=1S/C14H9Cl3F3N3O/c15-5-12(21)23-8-1-2-11(9(16)4-8)24-13-10(17)3-7(6-22-13)14(18,19)20/h1-4,6H,5H2,(H2,21,23). The molecular formula is C14H9Cl3F3N3O. The fourth-order valence-electron chi connectivity index (χ4n) is 1.60. The van der Waals surface area contributed by atoms with Crippen LogP contribution in [0, 0.1) is 0 Å². The van der Waals surface area contributed by atoms with Crippen LogP contribution in [-0.2, 0) is 6.18 Å².